The minimum absolute atomic E-state index is 0.439. The van der Waals surface area contributed by atoms with Crippen LogP contribution in [0.3, 0.4) is 0 Å². The Hall–Kier alpha value is -2.15. The molecular formula is C18H20N2O3S. The molecule has 3 rings (SSSR count). The standard InChI is InChI=1S/C18H20N2O3S/c1-13-20-15(12-24-13)11-23-16-6-4-14(5-7-16)9-19-10-17(21)18-3-2-8-22-18/h2-8,12,17,19,21H,9-11H2,1H3. The van der Waals surface area contributed by atoms with Crippen LogP contribution in [0.2, 0.25) is 0 Å². The molecule has 1 unspecified atom stereocenters. The second-order valence-corrected chi connectivity index (χ2v) is 6.51. The molecule has 1 aromatic carbocycles. The van der Waals surface area contributed by atoms with E-state index in [9.17, 15) is 5.11 Å². The van der Waals surface area contributed by atoms with Gasteiger partial charge in [-0.1, -0.05) is 12.1 Å². The summed E-state index contributed by atoms with van der Waals surface area (Å²) < 4.78 is 10.9. The fourth-order valence-corrected chi connectivity index (χ4v) is 2.87. The average molecular weight is 344 g/mol. The smallest absolute Gasteiger partial charge is 0.133 e. The molecule has 0 saturated carbocycles. The molecule has 0 aliphatic rings. The molecule has 0 aliphatic heterocycles. The van der Waals surface area contributed by atoms with Crippen molar-refractivity contribution in [3.8, 4) is 5.75 Å². The van der Waals surface area contributed by atoms with Crippen molar-refractivity contribution in [1.29, 1.82) is 0 Å². The number of ether oxygens (including phenoxy) is 1. The third kappa shape index (κ3) is 4.67. The quantitative estimate of drug-likeness (QED) is 0.655. The van der Waals surface area contributed by atoms with Crippen molar-refractivity contribution >= 4 is 11.3 Å². The first-order chi connectivity index (χ1) is 11.7. The van der Waals surface area contributed by atoms with Crippen molar-refractivity contribution in [2.75, 3.05) is 6.54 Å². The number of benzene rings is 1. The first-order valence-corrected chi connectivity index (χ1v) is 8.63. The zero-order valence-electron chi connectivity index (χ0n) is 13.4. The van der Waals surface area contributed by atoms with E-state index < -0.39 is 6.10 Å². The second-order valence-electron chi connectivity index (χ2n) is 5.45. The van der Waals surface area contributed by atoms with Crippen LogP contribution in [0.25, 0.3) is 0 Å². The van der Waals surface area contributed by atoms with Crippen LogP contribution in [0.4, 0.5) is 0 Å². The van der Waals surface area contributed by atoms with Crippen molar-refractivity contribution in [2.24, 2.45) is 0 Å². The van der Waals surface area contributed by atoms with Crippen molar-refractivity contribution in [3.63, 3.8) is 0 Å². The molecule has 126 valence electrons. The van der Waals surface area contributed by atoms with E-state index in [0.717, 1.165) is 22.0 Å². The van der Waals surface area contributed by atoms with Gasteiger partial charge in [0.05, 0.1) is 17.0 Å². The predicted molar refractivity (Wildman–Crippen MR) is 93.0 cm³/mol. The van der Waals surface area contributed by atoms with Gasteiger partial charge in [0.15, 0.2) is 0 Å². The minimum Gasteiger partial charge on any atom is -0.487 e. The monoisotopic (exact) mass is 344 g/mol. The summed E-state index contributed by atoms with van der Waals surface area (Å²) in [5, 5.41) is 16.2. The maximum Gasteiger partial charge on any atom is 0.133 e. The molecule has 0 fully saturated rings. The van der Waals surface area contributed by atoms with Crippen LogP contribution in [-0.4, -0.2) is 16.6 Å². The highest BCUT2D eigenvalue weighted by Crippen LogP contribution is 2.16. The second kappa shape index (κ2) is 8.10. The molecule has 0 bridgehead atoms. The predicted octanol–water partition coefficient (Wildman–Crippen LogP) is 3.45. The number of nitrogens with one attached hydrogen (secondary N) is 1. The Balaban J connectivity index is 1.42. The lowest BCUT2D eigenvalue weighted by Crippen LogP contribution is -2.20. The highest BCUT2D eigenvalue weighted by atomic mass is 32.1. The molecule has 0 spiro atoms. The maximum atomic E-state index is 9.93. The number of aryl methyl sites for hydroxylation is 1. The number of aliphatic hydroxyl groups excluding tert-OH is 1. The summed E-state index contributed by atoms with van der Waals surface area (Å²) >= 11 is 1.63. The number of aromatic nitrogens is 1. The Labute approximate surface area is 144 Å². The lowest BCUT2D eigenvalue weighted by Gasteiger charge is -2.10. The van der Waals surface area contributed by atoms with Crippen molar-refractivity contribution in [1.82, 2.24) is 10.3 Å². The summed E-state index contributed by atoms with van der Waals surface area (Å²) in [6.45, 7) is 3.58. The third-order valence-electron chi connectivity index (χ3n) is 3.52. The minimum atomic E-state index is -0.635. The third-order valence-corrected chi connectivity index (χ3v) is 4.34. The largest absolute Gasteiger partial charge is 0.487 e. The highest BCUT2D eigenvalue weighted by molar-refractivity contribution is 7.09. The number of nitrogens with zero attached hydrogens (tertiary/aromatic N) is 1. The summed E-state index contributed by atoms with van der Waals surface area (Å²) in [4.78, 5) is 4.37. The number of hydrogen-bond acceptors (Lipinski definition) is 6. The van der Waals surface area contributed by atoms with E-state index in [1.807, 2.05) is 36.6 Å². The van der Waals surface area contributed by atoms with Gasteiger partial charge in [-0.3, -0.25) is 0 Å². The van der Waals surface area contributed by atoms with E-state index in [-0.39, 0.29) is 0 Å². The zero-order valence-corrected chi connectivity index (χ0v) is 14.3. The van der Waals surface area contributed by atoms with Crippen molar-refractivity contribution in [3.05, 3.63) is 70.1 Å². The van der Waals surface area contributed by atoms with Crippen molar-refractivity contribution in [2.45, 2.75) is 26.2 Å². The van der Waals surface area contributed by atoms with Gasteiger partial charge in [0, 0.05) is 18.5 Å². The summed E-state index contributed by atoms with van der Waals surface area (Å²) in [7, 11) is 0. The van der Waals surface area contributed by atoms with Crippen LogP contribution in [0.5, 0.6) is 5.75 Å². The Bertz CT molecular complexity index is 738. The number of aliphatic hydroxyl groups is 1. The molecule has 5 nitrogen and oxygen atoms in total. The highest BCUT2D eigenvalue weighted by Gasteiger charge is 2.09. The lowest BCUT2D eigenvalue weighted by atomic mass is 10.2. The molecule has 3 aromatic rings. The van der Waals surface area contributed by atoms with Gasteiger partial charge in [0.1, 0.15) is 24.2 Å². The molecule has 2 heterocycles. The van der Waals surface area contributed by atoms with Crippen LogP contribution in [-0.2, 0) is 13.2 Å². The Morgan fingerprint density at radius 1 is 1.29 bits per heavy atom. The van der Waals surface area contributed by atoms with Gasteiger partial charge in [-0.15, -0.1) is 11.3 Å². The normalized spacial score (nSPS) is 12.2. The molecule has 6 heteroatoms. The fraction of sp³-hybridized carbons (Fsp3) is 0.278. The van der Waals surface area contributed by atoms with Crippen molar-refractivity contribution < 1.29 is 14.3 Å². The fourth-order valence-electron chi connectivity index (χ4n) is 2.27. The average Bonchev–Trinajstić information content (AvgIpc) is 3.26. The molecule has 0 amide bonds. The Kier molecular flexibility index (Phi) is 5.63. The Morgan fingerprint density at radius 3 is 2.79 bits per heavy atom. The number of hydrogen-bond donors (Lipinski definition) is 2. The summed E-state index contributed by atoms with van der Waals surface area (Å²) in [5.74, 6) is 1.39. The molecule has 0 radical (unpaired) electrons. The SMILES string of the molecule is Cc1nc(COc2ccc(CNCC(O)c3ccco3)cc2)cs1. The molecule has 2 N–H and O–H groups in total. The van der Waals surface area contributed by atoms with Crippen LogP contribution in [0.1, 0.15) is 28.1 Å². The van der Waals surface area contributed by atoms with Crippen LogP contribution < -0.4 is 10.1 Å². The van der Waals surface area contributed by atoms with E-state index in [2.05, 4.69) is 10.3 Å². The van der Waals surface area contributed by atoms with E-state index in [1.54, 1.807) is 29.7 Å². The van der Waals surface area contributed by atoms with Gasteiger partial charge in [-0.05, 0) is 36.8 Å². The van der Waals surface area contributed by atoms with Gasteiger partial charge in [0.2, 0.25) is 0 Å². The van der Waals surface area contributed by atoms with Gasteiger partial charge < -0.3 is 19.6 Å². The lowest BCUT2D eigenvalue weighted by molar-refractivity contribution is 0.147. The molecule has 1 atom stereocenters. The van der Waals surface area contributed by atoms with E-state index >= 15 is 0 Å². The van der Waals surface area contributed by atoms with Gasteiger partial charge in [-0.2, -0.15) is 0 Å². The zero-order chi connectivity index (χ0) is 16.8. The van der Waals surface area contributed by atoms with E-state index in [0.29, 0.717) is 25.5 Å². The first kappa shape index (κ1) is 16.7. The number of rotatable bonds is 8. The van der Waals surface area contributed by atoms with Crippen LogP contribution in [0.15, 0.2) is 52.5 Å². The molecule has 2 aromatic heterocycles. The van der Waals surface area contributed by atoms with Gasteiger partial charge in [0.25, 0.3) is 0 Å². The van der Waals surface area contributed by atoms with Gasteiger partial charge >= 0.3 is 0 Å². The van der Waals surface area contributed by atoms with Crippen LogP contribution >= 0.6 is 11.3 Å². The molecule has 0 aliphatic carbocycles. The summed E-state index contributed by atoms with van der Waals surface area (Å²) in [6, 6.07) is 11.4. The van der Waals surface area contributed by atoms with E-state index in [4.69, 9.17) is 9.15 Å². The topological polar surface area (TPSA) is 67.5 Å². The number of furan rings is 1. The summed E-state index contributed by atoms with van der Waals surface area (Å²) in [5.41, 5.74) is 2.08. The molecular weight excluding hydrogens is 324 g/mol. The number of thiazole rings is 1. The van der Waals surface area contributed by atoms with E-state index in [1.165, 1.54) is 0 Å². The molecule has 0 saturated heterocycles. The maximum absolute atomic E-state index is 9.93. The van der Waals surface area contributed by atoms with Crippen LogP contribution in [0, 0.1) is 6.92 Å². The summed E-state index contributed by atoms with van der Waals surface area (Å²) in [6.07, 6.45) is 0.925. The van der Waals surface area contributed by atoms with Gasteiger partial charge in [-0.25, -0.2) is 4.98 Å². The Morgan fingerprint density at radius 2 is 2.12 bits per heavy atom. The first-order valence-electron chi connectivity index (χ1n) is 7.75. The molecule has 24 heavy (non-hydrogen) atoms.